The molecule has 2 nitrogen and oxygen atoms in total. The average molecular weight is 353 g/mol. The van der Waals surface area contributed by atoms with Gasteiger partial charge in [0.1, 0.15) is 0 Å². The lowest BCUT2D eigenvalue weighted by molar-refractivity contribution is 0.0952. The maximum atomic E-state index is 11.8. The molecule has 0 bridgehead atoms. The normalized spacial score (nSPS) is 12.2. The molecule has 0 aliphatic carbocycles. The van der Waals surface area contributed by atoms with Crippen molar-refractivity contribution in [2.24, 2.45) is 5.92 Å². The Labute approximate surface area is 126 Å². The molecule has 0 aromatic heterocycles. The summed E-state index contributed by atoms with van der Waals surface area (Å²) in [6.45, 7) is 2.84. The standard InChI is InChI=1S/C13H16BrCl2NO/c1-9(8-14)3-2-6-17-13(18)11-5-4-10(15)7-12(11)16/h4-5,7,9H,2-3,6,8H2,1H3,(H,17,18). The van der Waals surface area contributed by atoms with E-state index in [-0.39, 0.29) is 5.91 Å². The van der Waals surface area contributed by atoms with Crippen molar-refractivity contribution >= 4 is 45.0 Å². The number of hydrogen-bond donors (Lipinski definition) is 1. The minimum absolute atomic E-state index is 0.150. The molecule has 18 heavy (non-hydrogen) atoms. The van der Waals surface area contributed by atoms with Crippen LogP contribution in [0.3, 0.4) is 0 Å². The van der Waals surface area contributed by atoms with Gasteiger partial charge in [-0.05, 0) is 37.0 Å². The third-order valence-corrected chi connectivity index (χ3v) is 4.25. The van der Waals surface area contributed by atoms with E-state index in [1.54, 1.807) is 18.2 Å². The molecule has 1 atom stereocenters. The lowest BCUT2D eigenvalue weighted by Gasteiger charge is -2.09. The summed E-state index contributed by atoms with van der Waals surface area (Å²) in [7, 11) is 0. The molecule has 1 unspecified atom stereocenters. The summed E-state index contributed by atoms with van der Waals surface area (Å²) in [6, 6.07) is 4.88. The zero-order valence-corrected chi connectivity index (χ0v) is 13.3. The number of halogens is 3. The molecule has 5 heteroatoms. The number of benzene rings is 1. The highest BCUT2D eigenvalue weighted by atomic mass is 79.9. The van der Waals surface area contributed by atoms with Crippen molar-refractivity contribution < 1.29 is 4.79 Å². The molecule has 100 valence electrons. The summed E-state index contributed by atoms with van der Waals surface area (Å²) in [6.07, 6.45) is 2.05. The zero-order valence-electron chi connectivity index (χ0n) is 10.2. The summed E-state index contributed by atoms with van der Waals surface area (Å²) in [5, 5.41) is 4.76. The second-order valence-electron chi connectivity index (χ2n) is 4.28. The highest BCUT2D eigenvalue weighted by Crippen LogP contribution is 2.20. The number of hydrogen-bond acceptors (Lipinski definition) is 1. The fourth-order valence-electron chi connectivity index (χ4n) is 1.50. The van der Waals surface area contributed by atoms with Crippen LogP contribution in [0.15, 0.2) is 18.2 Å². The van der Waals surface area contributed by atoms with E-state index in [1.807, 2.05) is 0 Å². The molecule has 1 N–H and O–H groups in total. The van der Waals surface area contributed by atoms with Crippen LogP contribution in [0.25, 0.3) is 0 Å². The van der Waals surface area contributed by atoms with Crippen LogP contribution in [-0.2, 0) is 0 Å². The molecule has 0 aliphatic heterocycles. The Balaban J connectivity index is 2.41. The Hall–Kier alpha value is -0.250. The summed E-state index contributed by atoms with van der Waals surface area (Å²) >= 11 is 15.2. The first-order valence-electron chi connectivity index (χ1n) is 5.83. The van der Waals surface area contributed by atoms with Crippen LogP contribution < -0.4 is 5.32 Å². The topological polar surface area (TPSA) is 29.1 Å². The van der Waals surface area contributed by atoms with E-state index in [1.165, 1.54) is 0 Å². The largest absolute Gasteiger partial charge is 0.352 e. The molecule has 1 aromatic rings. The molecular formula is C13H16BrCl2NO. The van der Waals surface area contributed by atoms with Crippen molar-refractivity contribution in [1.29, 1.82) is 0 Å². The number of alkyl halides is 1. The number of rotatable bonds is 6. The fourth-order valence-corrected chi connectivity index (χ4v) is 2.32. The van der Waals surface area contributed by atoms with Crippen molar-refractivity contribution in [2.75, 3.05) is 11.9 Å². The van der Waals surface area contributed by atoms with Crippen LogP contribution in [0.2, 0.25) is 10.0 Å². The Morgan fingerprint density at radius 3 is 2.78 bits per heavy atom. The molecule has 0 saturated heterocycles. The monoisotopic (exact) mass is 351 g/mol. The second-order valence-corrected chi connectivity index (χ2v) is 5.77. The van der Waals surface area contributed by atoms with Crippen molar-refractivity contribution in [3.63, 3.8) is 0 Å². The van der Waals surface area contributed by atoms with Crippen molar-refractivity contribution in [3.8, 4) is 0 Å². The Bertz CT molecular complexity index is 412. The molecule has 0 fully saturated rings. The molecule has 1 aromatic carbocycles. The van der Waals surface area contributed by atoms with Gasteiger partial charge in [0.2, 0.25) is 0 Å². The van der Waals surface area contributed by atoms with E-state index in [0.717, 1.165) is 18.2 Å². The molecule has 0 spiro atoms. The van der Waals surface area contributed by atoms with Gasteiger partial charge in [0, 0.05) is 16.9 Å². The minimum atomic E-state index is -0.150. The van der Waals surface area contributed by atoms with Crippen LogP contribution in [0.5, 0.6) is 0 Å². The first-order chi connectivity index (χ1) is 8.54. The van der Waals surface area contributed by atoms with E-state index in [4.69, 9.17) is 23.2 Å². The maximum absolute atomic E-state index is 11.8. The van der Waals surface area contributed by atoms with Crippen LogP contribution >= 0.6 is 39.1 Å². The molecule has 1 amide bonds. The van der Waals surface area contributed by atoms with Gasteiger partial charge in [0.25, 0.3) is 5.91 Å². The quantitative estimate of drug-likeness (QED) is 0.591. The van der Waals surface area contributed by atoms with Crippen molar-refractivity contribution in [3.05, 3.63) is 33.8 Å². The first-order valence-corrected chi connectivity index (χ1v) is 7.71. The highest BCUT2D eigenvalue weighted by Gasteiger charge is 2.10. The van der Waals surface area contributed by atoms with Gasteiger partial charge in [-0.25, -0.2) is 0 Å². The predicted molar refractivity (Wildman–Crippen MR) is 81.0 cm³/mol. The smallest absolute Gasteiger partial charge is 0.252 e. The minimum Gasteiger partial charge on any atom is -0.352 e. The lowest BCUT2D eigenvalue weighted by Crippen LogP contribution is -2.25. The SMILES string of the molecule is CC(CBr)CCCNC(=O)c1ccc(Cl)cc1Cl. The average Bonchev–Trinajstić information content (AvgIpc) is 2.34. The van der Waals surface area contributed by atoms with E-state index in [9.17, 15) is 4.79 Å². The molecule has 0 saturated carbocycles. The van der Waals surface area contributed by atoms with E-state index < -0.39 is 0 Å². The number of nitrogens with one attached hydrogen (secondary N) is 1. The lowest BCUT2D eigenvalue weighted by atomic mass is 10.1. The van der Waals surface area contributed by atoms with Gasteiger partial charge in [-0.15, -0.1) is 0 Å². The molecule has 0 radical (unpaired) electrons. The molecular weight excluding hydrogens is 337 g/mol. The van der Waals surface area contributed by atoms with E-state index >= 15 is 0 Å². The summed E-state index contributed by atoms with van der Waals surface area (Å²) < 4.78 is 0. The Kier molecular flexibility index (Phi) is 7.05. The highest BCUT2D eigenvalue weighted by molar-refractivity contribution is 9.09. The fraction of sp³-hybridized carbons (Fsp3) is 0.462. The number of carbonyl (C=O) groups excluding carboxylic acids is 1. The molecule has 1 rings (SSSR count). The summed E-state index contributed by atoms with van der Waals surface area (Å²) in [5.41, 5.74) is 0.467. The molecule has 0 aliphatic rings. The van der Waals surface area contributed by atoms with Gasteiger partial charge >= 0.3 is 0 Å². The van der Waals surface area contributed by atoms with Gasteiger partial charge in [-0.2, -0.15) is 0 Å². The third-order valence-electron chi connectivity index (χ3n) is 2.60. The summed E-state index contributed by atoms with van der Waals surface area (Å²) in [4.78, 5) is 11.8. The van der Waals surface area contributed by atoms with Crippen LogP contribution in [0.1, 0.15) is 30.1 Å². The van der Waals surface area contributed by atoms with Gasteiger partial charge in [0.05, 0.1) is 10.6 Å². The van der Waals surface area contributed by atoms with Gasteiger partial charge in [0.15, 0.2) is 0 Å². The van der Waals surface area contributed by atoms with Gasteiger partial charge in [-0.3, -0.25) is 4.79 Å². The maximum Gasteiger partial charge on any atom is 0.252 e. The van der Waals surface area contributed by atoms with Crippen LogP contribution in [0.4, 0.5) is 0 Å². The van der Waals surface area contributed by atoms with Crippen molar-refractivity contribution in [2.45, 2.75) is 19.8 Å². The molecule has 0 heterocycles. The third kappa shape index (κ3) is 5.17. The van der Waals surface area contributed by atoms with Crippen LogP contribution in [-0.4, -0.2) is 17.8 Å². The number of carbonyl (C=O) groups is 1. The van der Waals surface area contributed by atoms with E-state index in [2.05, 4.69) is 28.2 Å². The number of amides is 1. The zero-order chi connectivity index (χ0) is 13.5. The van der Waals surface area contributed by atoms with Crippen molar-refractivity contribution in [1.82, 2.24) is 5.32 Å². The Morgan fingerprint density at radius 1 is 1.44 bits per heavy atom. The predicted octanol–water partition coefficient (Wildman–Crippen LogP) is 4.53. The van der Waals surface area contributed by atoms with Gasteiger partial charge < -0.3 is 5.32 Å². The summed E-state index contributed by atoms with van der Waals surface area (Å²) in [5.74, 6) is 0.476. The van der Waals surface area contributed by atoms with Crippen LogP contribution in [0, 0.1) is 5.92 Å². The Morgan fingerprint density at radius 2 is 2.17 bits per heavy atom. The first kappa shape index (κ1) is 15.8. The van der Waals surface area contributed by atoms with Gasteiger partial charge in [-0.1, -0.05) is 46.1 Å². The second kappa shape index (κ2) is 8.03. The van der Waals surface area contributed by atoms with E-state index in [0.29, 0.717) is 28.1 Å².